The summed E-state index contributed by atoms with van der Waals surface area (Å²) < 4.78 is 0. The molecule has 0 aliphatic rings. The van der Waals surface area contributed by atoms with Gasteiger partial charge in [-0.05, 0) is 18.4 Å². The van der Waals surface area contributed by atoms with Gasteiger partial charge in [0.1, 0.15) is 5.69 Å². The Morgan fingerprint density at radius 3 is 2.73 bits per heavy atom. The van der Waals surface area contributed by atoms with Crippen LogP contribution in [-0.4, -0.2) is 26.2 Å². The standard InChI is InChI=1S/C9H9N5S/c1-15-9-13-7(12-8(10)14-9)6-4-2-3-5-11-6/h2-5H,1H3,(H2,10,12,13,14). The van der Waals surface area contributed by atoms with Crippen LogP contribution in [0.2, 0.25) is 0 Å². The van der Waals surface area contributed by atoms with Gasteiger partial charge in [-0.15, -0.1) is 0 Å². The summed E-state index contributed by atoms with van der Waals surface area (Å²) in [5.74, 6) is 0.724. The molecular weight excluding hydrogens is 210 g/mol. The maximum atomic E-state index is 5.57. The van der Waals surface area contributed by atoms with Crippen molar-refractivity contribution in [3.8, 4) is 11.5 Å². The van der Waals surface area contributed by atoms with E-state index in [4.69, 9.17) is 5.73 Å². The highest BCUT2D eigenvalue weighted by Gasteiger charge is 2.06. The van der Waals surface area contributed by atoms with Crippen LogP contribution in [0.4, 0.5) is 5.95 Å². The molecule has 0 unspecified atom stereocenters. The highest BCUT2D eigenvalue weighted by molar-refractivity contribution is 7.98. The van der Waals surface area contributed by atoms with Crippen LogP contribution in [-0.2, 0) is 0 Å². The molecule has 0 fully saturated rings. The van der Waals surface area contributed by atoms with Gasteiger partial charge in [-0.1, -0.05) is 17.8 Å². The van der Waals surface area contributed by atoms with Gasteiger partial charge in [0, 0.05) is 6.20 Å². The third kappa shape index (κ3) is 2.21. The number of pyridine rings is 1. The normalized spacial score (nSPS) is 10.2. The monoisotopic (exact) mass is 219 g/mol. The average Bonchev–Trinajstić information content (AvgIpc) is 2.29. The molecular formula is C9H9N5S. The summed E-state index contributed by atoms with van der Waals surface area (Å²) in [7, 11) is 0. The Kier molecular flexibility index (Phi) is 2.77. The highest BCUT2D eigenvalue weighted by Crippen LogP contribution is 2.15. The molecule has 5 nitrogen and oxygen atoms in total. The van der Waals surface area contributed by atoms with Gasteiger partial charge >= 0.3 is 0 Å². The van der Waals surface area contributed by atoms with Crippen LogP contribution >= 0.6 is 11.8 Å². The number of aromatic nitrogens is 4. The first-order valence-corrected chi connectivity index (χ1v) is 5.49. The Bertz CT molecular complexity index is 459. The van der Waals surface area contributed by atoms with Gasteiger partial charge in [-0.2, -0.15) is 9.97 Å². The lowest BCUT2D eigenvalue weighted by molar-refractivity contribution is 0.921. The summed E-state index contributed by atoms with van der Waals surface area (Å²) in [4.78, 5) is 16.4. The molecule has 2 aromatic rings. The number of thioether (sulfide) groups is 1. The van der Waals surface area contributed by atoms with E-state index in [1.165, 1.54) is 11.8 Å². The van der Waals surface area contributed by atoms with Crippen molar-refractivity contribution in [3.63, 3.8) is 0 Å². The quantitative estimate of drug-likeness (QED) is 0.765. The topological polar surface area (TPSA) is 77.6 Å². The summed E-state index contributed by atoms with van der Waals surface area (Å²) in [5.41, 5.74) is 6.27. The van der Waals surface area contributed by atoms with Gasteiger partial charge in [0.15, 0.2) is 11.0 Å². The van der Waals surface area contributed by atoms with Crippen molar-refractivity contribution in [3.05, 3.63) is 24.4 Å². The molecule has 0 saturated heterocycles. The number of nitrogens with two attached hydrogens (primary N) is 1. The number of rotatable bonds is 2. The Hall–Kier alpha value is -1.69. The van der Waals surface area contributed by atoms with E-state index < -0.39 is 0 Å². The summed E-state index contributed by atoms with van der Waals surface area (Å²) in [6, 6.07) is 5.55. The van der Waals surface area contributed by atoms with Crippen molar-refractivity contribution < 1.29 is 0 Å². The molecule has 0 aliphatic heterocycles. The van der Waals surface area contributed by atoms with Gasteiger partial charge in [0.25, 0.3) is 0 Å². The zero-order valence-electron chi connectivity index (χ0n) is 8.08. The molecule has 0 atom stereocenters. The summed E-state index contributed by atoms with van der Waals surface area (Å²) >= 11 is 1.42. The molecule has 0 radical (unpaired) electrons. The van der Waals surface area contributed by atoms with E-state index >= 15 is 0 Å². The molecule has 0 amide bonds. The van der Waals surface area contributed by atoms with Gasteiger partial charge in [-0.3, -0.25) is 4.98 Å². The minimum Gasteiger partial charge on any atom is -0.368 e. The molecule has 6 heteroatoms. The molecule has 2 rings (SSSR count). The summed E-state index contributed by atoms with van der Waals surface area (Å²) in [6.45, 7) is 0. The lowest BCUT2D eigenvalue weighted by Gasteiger charge is -2.01. The van der Waals surface area contributed by atoms with E-state index in [0.29, 0.717) is 16.7 Å². The largest absolute Gasteiger partial charge is 0.368 e. The SMILES string of the molecule is CSc1nc(N)nc(-c2ccccn2)n1. The summed E-state index contributed by atoms with van der Waals surface area (Å²) in [6.07, 6.45) is 3.57. The van der Waals surface area contributed by atoms with Crippen LogP contribution in [0.5, 0.6) is 0 Å². The van der Waals surface area contributed by atoms with Crippen LogP contribution in [0.3, 0.4) is 0 Å². The molecule has 76 valence electrons. The first-order chi connectivity index (χ1) is 7.29. The number of anilines is 1. The predicted octanol–water partition coefficient (Wildman–Crippen LogP) is 1.24. The molecule has 0 aliphatic carbocycles. The molecule has 2 N–H and O–H groups in total. The maximum absolute atomic E-state index is 5.57. The molecule has 0 bridgehead atoms. The van der Waals surface area contributed by atoms with Crippen molar-refractivity contribution in [2.45, 2.75) is 5.16 Å². The van der Waals surface area contributed by atoms with E-state index in [-0.39, 0.29) is 5.95 Å². The van der Waals surface area contributed by atoms with Crippen LogP contribution in [0.1, 0.15) is 0 Å². The Labute approximate surface area is 91.2 Å². The number of hydrogen-bond donors (Lipinski definition) is 1. The fourth-order valence-corrected chi connectivity index (χ4v) is 1.44. The van der Waals surface area contributed by atoms with Gasteiger partial charge < -0.3 is 5.73 Å². The average molecular weight is 219 g/mol. The number of nitrogens with zero attached hydrogens (tertiary/aromatic N) is 4. The van der Waals surface area contributed by atoms with Crippen molar-refractivity contribution in [1.29, 1.82) is 0 Å². The van der Waals surface area contributed by atoms with E-state index in [0.717, 1.165) is 0 Å². The lowest BCUT2D eigenvalue weighted by Crippen LogP contribution is -2.01. The van der Waals surface area contributed by atoms with Crippen molar-refractivity contribution in [2.24, 2.45) is 0 Å². The summed E-state index contributed by atoms with van der Waals surface area (Å²) in [5, 5.41) is 0.600. The predicted molar refractivity (Wildman–Crippen MR) is 59.3 cm³/mol. The minimum absolute atomic E-state index is 0.218. The van der Waals surface area contributed by atoms with E-state index in [9.17, 15) is 0 Å². The van der Waals surface area contributed by atoms with Crippen LogP contribution in [0.25, 0.3) is 11.5 Å². The maximum Gasteiger partial charge on any atom is 0.224 e. The van der Waals surface area contributed by atoms with Gasteiger partial charge in [-0.25, -0.2) is 4.98 Å². The molecule has 2 aromatic heterocycles. The third-order valence-corrected chi connectivity index (χ3v) is 2.26. The van der Waals surface area contributed by atoms with Gasteiger partial charge in [0.2, 0.25) is 5.95 Å². The van der Waals surface area contributed by atoms with E-state index in [2.05, 4.69) is 19.9 Å². The van der Waals surface area contributed by atoms with Crippen LogP contribution in [0, 0.1) is 0 Å². The second-order valence-electron chi connectivity index (χ2n) is 2.72. The first kappa shape index (κ1) is 9.85. The van der Waals surface area contributed by atoms with Crippen molar-refractivity contribution in [1.82, 2.24) is 19.9 Å². The zero-order valence-corrected chi connectivity index (χ0v) is 8.90. The highest BCUT2D eigenvalue weighted by atomic mass is 32.2. The lowest BCUT2D eigenvalue weighted by atomic mass is 10.3. The fourth-order valence-electron chi connectivity index (χ4n) is 1.07. The smallest absolute Gasteiger partial charge is 0.224 e. The van der Waals surface area contributed by atoms with Crippen molar-refractivity contribution in [2.75, 3.05) is 12.0 Å². The molecule has 2 heterocycles. The zero-order chi connectivity index (χ0) is 10.7. The molecule has 0 saturated carbocycles. The number of hydrogen-bond acceptors (Lipinski definition) is 6. The number of nitrogen functional groups attached to an aromatic ring is 1. The minimum atomic E-state index is 0.218. The second kappa shape index (κ2) is 4.22. The van der Waals surface area contributed by atoms with Crippen molar-refractivity contribution >= 4 is 17.7 Å². The van der Waals surface area contributed by atoms with E-state index in [1.807, 2.05) is 24.5 Å². The molecule has 0 spiro atoms. The fraction of sp³-hybridized carbons (Fsp3) is 0.111. The Balaban J connectivity index is 2.49. The Morgan fingerprint density at radius 2 is 2.07 bits per heavy atom. The molecule has 0 aromatic carbocycles. The third-order valence-electron chi connectivity index (χ3n) is 1.71. The van der Waals surface area contributed by atoms with Gasteiger partial charge in [0.05, 0.1) is 0 Å². The van der Waals surface area contributed by atoms with Crippen LogP contribution < -0.4 is 5.73 Å². The Morgan fingerprint density at radius 1 is 1.20 bits per heavy atom. The second-order valence-corrected chi connectivity index (χ2v) is 3.49. The first-order valence-electron chi connectivity index (χ1n) is 4.26. The van der Waals surface area contributed by atoms with Crippen LogP contribution in [0.15, 0.2) is 29.6 Å². The van der Waals surface area contributed by atoms with E-state index in [1.54, 1.807) is 6.20 Å². The molecule has 15 heavy (non-hydrogen) atoms.